The molecule has 1 saturated carbocycles. The molecule has 0 unspecified atom stereocenters. The molecule has 1 amide bonds. The van der Waals surface area contributed by atoms with Gasteiger partial charge in [0.1, 0.15) is 0 Å². The molecule has 0 radical (unpaired) electrons. The highest BCUT2D eigenvalue weighted by Gasteiger charge is 2.27. The Hall–Kier alpha value is -2.29. The molecule has 1 aromatic heterocycles. The van der Waals surface area contributed by atoms with E-state index < -0.39 is 0 Å². The van der Waals surface area contributed by atoms with Crippen LogP contribution in [0.4, 0.5) is 5.69 Å². The van der Waals surface area contributed by atoms with Gasteiger partial charge in [-0.2, -0.15) is 0 Å². The number of anilines is 1. The van der Waals surface area contributed by atoms with E-state index >= 15 is 0 Å². The fraction of sp³-hybridized carbons (Fsp3) is 0.350. The van der Waals surface area contributed by atoms with Crippen molar-refractivity contribution in [2.24, 2.45) is 0 Å². The molecule has 3 nitrogen and oxygen atoms in total. The number of amides is 1. The zero-order valence-electron chi connectivity index (χ0n) is 13.7. The van der Waals surface area contributed by atoms with Gasteiger partial charge >= 0.3 is 0 Å². The first-order valence-corrected chi connectivity index (χ1v) is 8.41. The van der Waals surface area contributed by atoms with Crippen LogP contribution in [0.2, 0.25) is 0 Å². The predicted molar refractivity (Wildman–Crippen MR) is 93.7 cm³/mol. The average molecular weight is 306 g/mol. The zero-order chi connectivity index (χ0) is 16.0. The van der Waals surface area contributed by atoms with Gasteiger partial charge in [-0.25, -0.2) is 0 Å². The molecule has 0 atom stereocenters. The summed E-state index contributed by atoms with van der Waals surface area (Å²) in [5, 5.41) is 0. The van der Waals surface area contributed by atoms with E-state index in [0.717, 1.165) is 24.2 Å². The smallest absolute Gasteiger partial charge is 0.251 e. The summed E-state index contributed by atoms with van der Waals surface area (Å²) in [5.41, 5.74) is 6.06. The molecule has 2 aromatic rings. The van der Waals surface area contributed by atoms with Crippen LogP contribution in [0.3, 0.4) is 0 Å². The highest BCUT2D eigenvalue weighted by Crippen LogP contribution is 2.38. The normalized spacial score (nSPS) is 17.0. The molecule has 3 heteroatoms. The van der Waals surface area contributed by atoms with Gasteiger partial charge in [-0.3, -0.25) is 4.79 Å². The van der Waals surface area contributed by atoms with E-state index in [0.29, 0.717) is 6.04 Å². The summed E-state index contributed by atoms with van der Waals surface area (Å²) in [7, 11) is 0. The van der Waals surface area contributed by atoms with Gasteiger partial charge in [0.05, 0.1) is 0 Å². The number of fused-ring (bicyclic) bond motifs is 1. The van der Waals surface area contributed by atoms with Gasteiger partial charge < -0.3 is 9.47 Å². The monoisotopic (exact) mass is 306 g/mol. The van der Waals surface area contributed by atoms with Crippen LogP contribution >= 0.6 is 0 Å². The van der Waals surface area contributed by atoms with Gasteiger partial charge in [0.15, 0.2) is 0 Å². The van der Waals surface area contributed by atoms with Gasteiger partial charge in [-0.15, -0.1) is 0 Å². The summed E-state index contributed by atoms with van der Waals surface area (Å²) >= 11 is 0. The average Bonchev–Trinajstić information content (AvgIpc) is 3.21. The van der Waals surface area contributed by atoms with E-state index in [9.17, 15) is 4.79 Å². The van der Waals surface area contributed by atoms with Crippen LogP contribution in [0.5, 0.6) is 0 Å². The van der Waals surface area contributed by atoms with E-state index in [-0.39, 0.29) is 5.91 Å². The molecule has 2 heterocycles. The number of para-hydroxylation sites is 1. The predicted octanol–water partition coefficient (Wildman–Crippen LogP) is 4.04. The van der Waals surface area contributed by atoms with Crippen molar-refractivity contribution in [1.29, 1.82) is 0 Å². The summed E-state index contributed by atoms with van der Waals surface area (Å²) in [6.07, 6.45) is 7.21. The van der Waals surface area contributed by atoms with E-state index in [4.69, 9.17) is 0 Å². The van der Waals surface area contributed by atoms with Gasteiger partial charge in [0.2, 0.25) is 0 Å². The minimum absolute atomic E-state index is 0.0752. The van der Waals surface area contributed by atoms with Crippen LogP contribution in [0.15, 0.2) is 36.4 Å². The Labute approximate surface area is 137 Å². The van der Waals surface area contributed by atoms with E-state index in [1.165, 1.54) is 29.8 Å². The Bertz CT molecular complexity index is 796. The molecule has 0 N–H and O–H groups in total. The molecule has 0 bridgehead atoms. The number of hydrogen-bond acceptors (Lipinski definition) is 1. The first-order valence-electron chi connectivity index (χ1n) is 8.41. The second kappa shape index (κ2) is 5.41. The Morgan fingerprint density at radius 2 is 2.00 bits per heavy atom. The lowest BCUT2D eigenvalue weighted by Gasteiger charge is -2.14. The minimum atomic E-state index is 0.0752. The highest BCUT2D eigenvalue weighted by molar-refractivity contribution is 6.05. The van der Waals surface area contributed by atoms with Crippen molar-refractivity contribution in [3.05, 3.63) is 58.9 Å². The van der Waals surface area contributed by atoms with Crippen molar-refractivity contribution in [3.63, 3.8) is 0 Å². The molecular formula is C20H22N2O. The van der Waals surface area contributed by atoms with Crippen LogP contribution in [0.25, 0.3) is 6.08 Å². The van der Waals surface area contributed by atoms with Gasteiger partial charge in [-0.05, 0) is 62.4 Å². The molecule has 23 heavy (non-hydrogen) atoms. The molecular weight excluding hydrogens is 284 g/mol. The van der Waals surface area contributed by atoms with Crippen LogP contribution in [-0.2, 0) is 11.2 Å². The molecule has 4 rings (SSSR count). The summed E-state index contributed by atoms with van der Waals surface area (Å²) < 4.78 is 2.41. The fourth-order valence-electron chi connectivity index (χ4n) is 3.68. The summed E-state index contributed by atoms with van der Waals surface area (Å²) in [6, 6.07) is 11.0. The third kappa shape index (κ3) is 2.50. The molecule has 1 aliphatic carbocycles. The lowest BCUT2D eigenvalue weighted by atomic mass is 10.2. The van der Waals surface area contributed by atoms with Crippen molar-refractivity contribution in [3.8, 4) is 0 Å². The van der Waals surface area contributed by atoms with Gasteiger partial charge in [-0.1, -0.05) is 18.2 Å². The lowest BCUT2D eigenvalue weighted by molar-refractivity contribution is -0.114. The molecule has 0 spiro atoms. The maximum atomic E-state index is 12.6. The van der Waals surface area contributed by atoms with E-state index in [1.54, 1.807) is 6.08 Å². The molecule has 118 valence electrons. The number of hydrogen-bond donors (Lipinski definition) is 0. The fourth-order valence-corrected chi connectivity index (χ4v) is 3.68. The number of carbonyl (C=O) groups excluding carboxylic acids is 1. The first kappa shape index (κ1) is 14.3. The summed E-state index contributed by atoms with van der Waals surface area (Å²) in [4.78, 5) is 14.4. The number of benzene rings is 1. The van der Waals surface area contributed by atoms with Crippen LogP contribution in [0, 0.1) is 13.8 Å². The van der Waals surface area contributed by atoms with Crippen molar-refractivity contribution >= 4 is 17.7 Å². The Morgan fingerprint density at radius 1 is 1.22 bits per heavy atom. The van der Waals surface area contributed by atoms with E-state index in [2.05, 4.69) is 30.5 Å². The number of aryl methyl sites for hydroxylation is 1. The van der Waals surface area contributed by atoms with Crippen molar-refractivity contribution in [1.82, 2.24) is 4.57 Å². The zero-order valence-corrected chi connectivity index (χ0v) is 13.7. The van der Waals surface area contributed by atoms with Gasteiger partial charge in [0, 0.05) is 35.7 Å². The molecule has 0 saturated heterocycles. The quantitative estimate of drug-likeness (QED) is 0.786. The van der Waals surface area contributed by atoms with Crippen LogP contribution < -0.4 is 4.90 Å². The Kier molecular flexibility index (Phi) is 3.37. The number of carbonyl (C=O) groups is 1. The maximum Gasteiger partial charge on any atom is 0.251 e. The Morgan fingerprint density at radius 3 is 2.78 bits per heavy atom. The van der Waals surface area contributed by atoms with Crippen molar-refractivity contribution < 1.29 is 4.79 Å². The SMILES string of the molecule is Cc1cc(C=CC(=O)N2CCc3ccccc32)c(C)n1C1CC1. The standard InChI is InChI=1S/C20H22N2O/c1-14-13-17(15(2)22(14)18-8-9-18)7-10-20(23)21-12-11-16-5-3-4-6-19(16)21/h3-7,10,13,18H,8-9,11-12H2,1-2H3. The summed E-state index contributed by atoms with van der Waals surface area (Å²) in [6.45, 7) is 5.09. The minimum Gasteiger partial charge on any atom is -0.346 e. The second-order valence-electron chi connectivity index (χ2n) is 6.63. The number of rotatable bonds is 3. The topological polar surface area (TPSA) is 25.2 Å². The van der Waals surface area contributed by atoms with E-state index in [1.807, 2.05) is 29.2 Å². The lowest BCUT2D eigenvalue weighted by Crippen LogP contribution is -2.26. The van der Waals surface area contributed by atoms with Crippen molar-refractivity contribution in [2.75, 3.05) is 11.4 Å². The van der Waals surface area contributed by atoms with Crippen LogP contribution in [-0.4, -0.2) is 17.0 Å². The van der Waals surface area contributed by atoms with Crippen molar-refractivity contribution in [2.45, 2.75) is 39.2 Å². The third-order valence-electron chi connectivity index (χ3n) is 4.99. The number of nitrogens with zero attached hydrogens (tertiary/aromatic N) is 2. The summed E-state index contributed by atoms with van der Waals surface area (Å²) in [5.74, 6) is 0.0752. The van der Waals surface area contributed by atoms with Gasteiger partial charge in [0.25, 0.3) is 5.91 Å². The molecule has 1 aromatic carbocycles. The Balaban J connectivity index is 1.56. The van der Waals surface area contributed by atoms with Crippen LogP contribution in [0.1, 0.15) is 41.4 Å². The molecule has 1 fully saturated rings. The number of aromatic nitrogens is 1. The largest absolute Gasteiger partial charge is 0.346 e. The molecule has 1 aliphatic heterocycles. The second-order valence-corrected chi connectivity index (χ2v) is 6.63. The molecule has 2 aliphatic rings. The maximum absolute atomic E-state index is 12.6. The first-order chi connectivity index (χ1) is 11.1. The highest BCUT2D eigenvalue weighted by atomic mass is 16.2. The third-order valence-corrected chi connectivity index (χ3v) is 4.99.